The van der Waals surface area contributed by atoms with Crippen molar-refractivity contribution in [3.8, 4) is 0 Å². The molecule has 0 aromatic carbocycles. The Kier molecular flexibility index (Phi) is 7.14. The van der Waals surface area contributed by atoms with Crippen molar-refractivity contribution in [3.63, 3.8) is 0 Å². The van der Waals surface area contributed by atoms with Gasteiger partial charge in [0.1, 0.15) is 0 Å². The van der Waals surface area contributed by atoms with Gasteiger partial charge in [0.15, 0.2) is 0 Å². The first-order chi connectivity index (χ1) is 8.14. The lowest BCUT2D eigenvalue weighted by molar-refractivity contribution is 0.131. The van der Waals surface area contributed by atoms with Crippen molar-refractivity contribution in [1.82, 2.24) is 10.2 Å². The lowest BCUT2D eigenvalue weighted by atomic mass is 9.82. The maximum Gasteiger partial charge on any atom is -0.00136 e. The van der Waals surface area contributed by atoms with Gasteiger partial charge in [0.2, 0.25) is 0 Å². The summed E-state index contributed by atoms with van der Waals surface area (Å²) in [6.45, 7) is 13.4. The summed E-state index contributed by atoms with van der Waals surface area (Å²) in [6, 6.07) is 0. The molecule has 0 aromatic rings. The maximum atomic E-state index is 3.47. The minimum absolute atomic E-state index is 0.598. The zero-order valence-corrected chi connectivity index (χ0v) is 12.2. The second kappa shape index (κ2) is 8.10. The molecule has 1 saturated heterocycles. The van der Waals surface area contributed by atoms with Gasteiger partial charge in [0.25, 0.3) is 0 Å². The predicted molar refractivity (Wildman–Crippen MR) is 76.5 cm³/mol. The molecule has 2 nitrogen and oxygen atoms in total. The summed E-state index contributed by atoms with van der Waals surface area (Å²) in [4.78, 5) is 2.66. The van der Waals surface area contributed by atoms with Gasteiger partial charge in [-0.15, -0.1) is 0 Å². The van der Waals surface area contributed by atoms with Gasteiger partial charge < -0.3 is 10.2 Å². The van der Waals surface area contributed by atoms with E-state index >= 15 is 0 Å². The fraction of sp³-hybridized carbons (Fsp3) is 1.00. The second-order valence-electron chi connectivity index (χ2n) is 6.32. The quantitative estimate of drug-likeness (QED) is 0.655. The van der Waals surface area contributed by atoms with Gasteiger partial charge >= 0.3 is 0 Å². The van der Waals surface area contributed by atoms with E-state index in [0.717, 1.165) is 0 Å². The van der Waals surface area contributed by atoms with Crippen LogP contribution in [0.5, 0.6) is 0 Å². The zero-order chi connectivity index (χ0) is 12.6. The first kappa shape index (κ1) is 15.0. The van der Waals surface area contributed by atoms with E-state index in [-0.39, 0.29) is 0 Å². The van der Waals surface area contributed by atoms with Gasteiger partial charge in [-0.25, -0.2) is 0 Å². The lowest BCUT2D eigenvalue weighted by Gasteiger charge is -2.36. The fourth-order valence-corrected chi connectivity index (χ4v) is 2.45. The standard InChI is InChI=1S/C15H32N2/c1-4-10-16-11-6-5-7-12-17-13-8-15(2,3)9-14-17/h16H,4-14H2,1-3H3. The average Bonchev–Trinajstić information content (AvgIpc) is 2.30. The van der Waals surface area contributed by atoms with Crippen LogP contribution in [0.15, 0.2) is 0 Å². The average molecular weight is 240 g/mol. The summed E-state index contributed by atoms with van der Waals surface area (Å²) < 4.78 is 0. The minimum atomic E-state index is 0.598. The molecule has 0 aliphatic carbocycles. The van der Waals surface area contributed by atoms with E-state index in [0.29, 0.717) is 5.41 Å². The smallest absolute Gasteiger partial charge is 0.00136 e. The summed E-state index contributed by atoms with van der Waals surface area (Å²) in [5, 5.41) is 3.47. The molecule has 17 heavy (non-hydrogen) atoms. The number of hydrogen-bond acceptors (Lipinski definition) is 2. The molecule has 0 atom stereocenters. The molecular weight excluding hydrogens is 208 g/mol. The van der Waals surface area contributed by atoms with E-state index in [2.05, 4.69) is 31.0 Å². The molecular formula is C15H32N2. The number of rotatable bonds is 8. The molecule has 0 amide bonds. The molecule has 1 heterocycles. The largest absolute Gasteiger partial charge is 0.317 e. The molecule has 2 heteroatoms. The monoisotopic (exact) mass is 240 g/mol. The van der Waals surface area contributed by atoms with Crippen LogP contribution in [0.3, 0.4) is 0 Å². The Bertz CT molecular complexity index is 179. The van der Waals surface area contributed by atoms with Crippen molar-refractivity contribution in [1.29, 1.82) is 0 Å². The lowest BCUT2D eigenvalue weighted by Crippen LogP contribution is -2.37. The predicted octanol–water partition coefficient (Wildman–Crippen LogP) is 3.28. The molecule has 1 rings (SSSR count). The number of nitrogens with zero attached hydrogens (tertiary/aromatic N) is 1. The van der Waals surface area contributed by atoms with Crippen LogP contribution in [0.4, 0.5) is 0 Å². The highest BCUT2D eigenvalue weighted by Crippen LogP contribution is 2.29. The van der Waals surface area contributed by atoms with Gasteiger partial charge in [-0.1, -0.05) is 27.2 Å². The Balaban J connectivity index is 1.90. The van der Waals surface area contributed by atoms with Gasteiger partial charge in [0.05, 0.1) is 0 Å². The third kappa shape index (κ3) is 7.05. The first-order valence-corrected chi connectivity index (χ1v) is 7.57. The van der Waals surface area contributed by atoms with E-state index in [9.17, 15) is 0 Å². The van der Waals surface area contributed by atoms with Crippen LogP contribution in [-0.4, -0.2) is 37.6 Å². The zero-order valence-electron chi connectivity index (χ0n) is 12.2. The van der Waals surface area contributed by atoms with Crippen LogP contribution in [0.25, 0.3) is 0 Å². The van der Waals surface area contributed by atoms with E-state index in [1.807, 2.05) is 0 Å². The topological polar surface area (TPSA) is 15.3 Å². The molecule has 0 radical (unpaired) electrons. The SMILES string of the molecule is CCCNCCCCCN1CCC(C)(C)CC1. The number of piperidine rings is 1. The van der Waals surface area contributed by atoms with Crippen molar-refractivity contribution >= 4 is 0 Å². The van der Waals surface area contributed by atoms with Crippen LogP contribution >= 0.6 is 0 Å². The molecule has 0 saturated carbocycles. The Labute approximate surface area is 108 Å². The summed E-state index contributed by atoms with van der Waals surface area (Å²) in [5.74, 6) is 0. The molecule has 102 valence electrons. The van der Waals surface area contributed by atoms with Gasteiger partial charge in [-0.05, 0) is 70.2 Å². The number of likely N-dealkylation sites (tertiary alicyclic amines) is 1. The van der Waals surface area contributed by atoms with Gasteiger partial charge in [0, 0.05) is 0 Å². The summed E-state index contributed by atoms with van der Waals surface area (Å²) >= 11 is 0. The molecule has 1 N–H and O–H groups in total. The molecule has 1 aliphatic rings. The molecule has 1 fully saturated rings. The second-order valence-corrected chi connectivity index (χ2v) is 6.32. The maximum absolute atomic E-state index is 3.47. The molecule has 0 unspecified atom stereocenters. The van der Waals surface area contributed by atoms with Crippen LogP contribution in [-0.2, 0) is 0 Å². The normalized spacial score (nSPS) is 20.6. The van der Waals surface area contributed by atoms with Crippen LogP contribution in [0.1, 0.15) is 59.3 Å². The number of hydrogen-bond donors (Lipinski definition) is 1. The highest BCUT2D eigenvalue weighted by molar-refractivity contribution is 4.78. The van der Waals surface area contributed by atoms with Gasteiger partial charge in [-0.3, -0.25) is 0 Å². The Hall–Kier alpha value is -0.0800. The molecule has 0 bridgehead atoms. The first-order valence-electron chi connectivity index (χ1n) is 7.57. The molecule has 0 spiro atoms. The third-order valence-corrected chi connectivity index (χ3v) is 3.96. The Morgan fingerprint density at radius 3 is 2.35 bits per heavy atom. The van der Waals surface area contributed by atoms with Gasteiger partial charge in [-0.2, -0.15) is 0 Å². The number of nitrogens with one attached hydrogen (secondary N) is 1. The van der Waals surface area contributed by atoms with Crippen LogP contribution in [0.2, 0.25) is 0 Å². The molecule has 1 aliphatic heterocycles. The van der Waals surface area contributed by atoms with Crippen LogP contribution in [0, 0.1) is 5.41 Å². The highest BCUT2D eigenvalue weighted by atomic mass is 15.1. The third-order valence-electron chi connectivity index (χ3n) is 3.96. The van der Waals surface area contributed by atoms with Crippen molar-refractivity contribution < 1.29 is 0 Å². The van der Waals surface area contributed by atoms with Crippen molar-refractivity contribution in [3.05, 3.63) is 0 Å². The Morgan fingerprint density at radius 2 is 1.71 bits per heavy atom. The summed E-state index contributed by atoms with van der Waals surface area (Å²) in [5.41, 5.74) is 0.598. The number of unbranched alkanes of at least 4 members (excludes halogenated alkanes) is 2. The van der Waals surface area contributed by atoms with E-state index in [1.54, 1.807) is 0 Å². The van der Waals surface area contributed by atoms with E-state index < -0.39 is 0 Å². The fourth-order valence-electron chi connectivity index (χ4n) is 2.45. The Morgan fingerprint density at radius 1 is 1.00 bits per heavy atom. The molecule has 0 aromatic heterocycles. The minimum Gasteiger partial charge on any atom is -0.317 e. The van der Waals surface area contributed by atoms with E-state index in [1.165, 1.54) is 71.2 Å². The van der Waals surface area contributed by atoms with Crippen molar-refractivity contribution in [2.24, 2.45) is 5.41 Å². The van der Waals surface area contributed by atoms with Crippen molar-refractivity contribution in [2.75, 3.05) is 32.7 Å². The van der Waals surface area contributed by atoms with Crippen molar-refractivity contribution in [2.45, 2.75) is 59.3 Å². The van der Waals surface area contributed by atoms with E-state index in [4.69, 9.17) is 0 Å². The highest BCUT2D eigenvalue weighted by Gasteiger charge is 2.24. The summed E-state index contributed by atoms with van der Waals surface area (Å²) in [6.07, 6.45) is 8.13. The van der Waals surface area contributed by atoms with Crippen LogP contribution < -0.4 is 5.32 Å². The summed E-state index contributed by atoms with van der Waals surface area (Å²) in [7, 11) is 0.